The zero-order chi connectivity index (χ0) is 17.0. The fourth-order valence-corrected chi connectivity index (χ4v) is 2.33. The number of ether oxygens (including phenoxy) is 1. The van der Waals surface area contributed by atoms with Crippen LogP contribution < -0.4 is 10.1 Å². The van der Waals surface area contributed by atoms with Gasteiger partial charge in [0.15, 0.2) is 0 Å². The van der Waals surface area contributed by atoms with E-state index in [1.165, 1.54) is 4.68 Å². The molecule has 2 aromatic rings. The summed E-state index contributed by atoms with van der Waals surface area (Å²) in [6.45, 7) is 1.95. The van der Waals surface area contributed by atoms with E-state index < -0.39 is 11.0 Å². The summed E-state index contributed by atoms with van der Waals surface area (Å²) in [4.78, 5) is 10.8. The Morgan fingerprint density at radius 2 is 2.09 bits per heavy atom. The van der Waals surface area contributed by atoms with Crippen LogP contribution >= 0.6 is 0 Å². The van der Waals surface area contributed by atoms with E-state index in [0.717, 1.165) is 0 Å². The average molecular weight is 320 g/mol. The molecule has 1 aromatic heterocycles. The van der Waals surface area contributed by atoms with Crippen molar-refractivity contribution < 1.29 is 14.8 Å². The molecule has 0 aliphatic rings. The lowest BCUT2D eigenvalue weighted by Gasteiger charge is -2.13. The van der Waals surface area contributed by atoms with Crippen LogP contribution in [-0.4, -0.2) is 33.5 Å². The number of aliphatic hydroxyl groups is 1. The largest absolute Gasteiger partial charge is 0.497 e. The van der Waals surface area contributed by atoms with Crippen molar-refractivity contribution in [2.75, 3.05) is 19.0 Å². The van der Waals surface area contributed by atoms with E-state index in [2.05, 4.69) is 10.4 Å². The van der Waals surface area contributed by atoms with Gasteiger partial charge in [-0.3, -0.25) is 10.1 Å². The lowest BCUT2D eigenvalue weighted by molar-refractivity contribution is -0.384. The number of aliphatic hydroxyl groups excluding tert-OH is 1. The number of hydrogen-bond donors (Lipinski definition) is 2. The van der Waals surface area contributed by atoms with Gasteiger partial charge >= 0.3 is 5.69 Å². The summed E-state index contributed by atoms with van der Waals surface area (Å²) in [7, 11) is 3.20. The molecule has 0 spiro atoms. The fraction of sp³-hybridized carbons (Fsp3) is 0.400. The third-order valence-electron chi connectivity index (χ3n) is 3.57. The molecule has 0 radical (unpaired) electrons. The second-order valence-electron chi connectivity index (χ2n) is 5.05. The second-order valence-corrected chi connectivity index (χ2v) is 5.05. The zero-order valence-electron chi connectivity index (χ0n) is 13.3. The molecule has 0 amide bonds. The van der Waals surface area contributed by atoms with Gasteiger partial charge in [0.1, 0.15) is 11.4 Å². The van der Waals surface area contributed by atoms with Crippen LogP contribution in [-0.2, 0) is 13.5 Å². The standard InChI is InChI=1S/C15H20N4O4/c1-4-12-14(19(21)22)15(18(2)17-12)16-9-13(20)10-5-7-11(23-3)8-6-10/h5-8,13,16,20H,4,9H2,1-3H3. The van der Waals surface area contributed by atoms with Crippen molar-refractivity contribution in [3.8, 4) is 5.75 Å². The number of rotatable bonds is 7. The first kappa shape index (κ1) is 16.8. The molecule has 0 saturated carbocycles. The van der Waals surface area contributed by atoms with E-state index in [4.69, 9.17) is 4.74 Å². The molecule has 1 atom stereocenters. The number of anilines is 1. The fourth-order valence-electron chi connectivity index (χ4n) is 2.33. The Kier molecular flexibility index (Phi) is 5.17. The average Bonchev–Trinajstić information content (AvgIpc) is 2.88. The number of nitrogens with zero attached hydrogens (tertiary/aromatic N) is 3. The summed E-state index contributed by atoms with van der Waals surface area (Å²) in [5.74, 6) is 0.989. The molecule has 0 saturated heterocycles. The highest BCUT2D eigenvalue weighted by Crippen LogP contribution is 2.29. The van der Waals surface area contributed by atoms with E-state index in [1.807, 2.05) is 6.92 Å². The molecular formula is C15H20N4O4. The van der Waals surface area contributed by atoms with Gasteiger partial charge in [0.25, 0.3) is 0 Å². The van der Waals surface area contributed by atoms with Gasteiger partial charge in [-0.2, -0.15) is 5.10 Å². The molecule has 8 nitrogen and oxygen atoms in total. The summed E-state index contributed by atoms with van der Waals surface area (Å²) >= 11 is 0. The minimum Gasteiger partial charge on any atom is -0.497 e. The molecule has 1 unspecified atom stereocenters. The van der Waals surface area contributed by atoms with Gasteiger partial charge in [-0.05, 0) is 24.1 Å². The van der Waals surface area contributed by atoms with Crippen LogP contribution in [0.2, 0.25) is 0 Å². The molecule has 0 bridgehead atoms. The molecule has 1 aromatic carbocycles. The summed E-state index contributed by atoms with van der Waals surface area (Å²) in [6, 6.07) is 7.00. The number of hydrogen-bond acceptors (Lipinski definition) is 6. The maximum atomic E-state index is 11.2. The van der Waals surface area contributed by atoms with Crippen LogP contribution in [0.4, 0.5) is 11.5 Å². The molecule has 1 heterocycles. The Hall–Kier alpha value is -2.61. The minimum absolute atomic E-state index is 0.0445. The molecule has 2 rings (SSSR count). The van der Waals surface area contributed by atoms with Crippen LogP contribution in [0.3, 0.4) is 0 Å². The molecule has 2 N–H and O–H groups in total. The van der Waals surface area contributed by atoms with E-state index in [9.17, 15) is 15.2 Å². The Bertz CT molecular complexity index is 682. The van der Waals surface area contributed by atoms with Gasteiger partial charge in [-0.25, -0.2) is 4.68 Å². The van der Waals surface area contributed by atoms with Crippen LogP contribution in [0.25, 0.3) is 0 Å². The quantitative estimate of drug-likeness (QED) is 0.598. The first-order valence-corrected chi connectivity index (χ1v) is 7.24. The van der Waals surface area contributed by atoms with Crippen LogP contribution in [0, 0.1) is 10.1 Å². The van der Waals surface area contributed by atoms with E-state index in [0.29, 0.717) is 29.2 Å². The van der Waals surface area contributed by atoms with Crippen molar-refractivity contribution in [3.63, 3.8) is 0 Å². The lowest BCUT2D eigenvalue weighted by Crippen LogP contribution is -2.15. The number of nitrogens with one attached hydrogen (secondary N) is 1. The van der Waals surface area contributed by atoms with E-state index in [-0.39, 0.29) is 12.2 Å². The summed E-state index contributed by atoms with van der Waals surface area (Å²) in [5, 5.41) is 28.5. The molecule has 124 valence electrons. The van der Waals surface area contributed by atoms with Crippen molar-refractivity contribution >= 4 is 11.5 Å². The monoisotopic (exact) mass is 320 g/mol. The summed E-state index contributed by atoms with van der Waals surface area (Å²) in [5.41, 5.74) is 1.06. The highest BCUT2D eigenvalue weighted by molar-refractivity contribution is 5.60. The summed E-state index contributed by atoms with van der Waals surface area (Å²) in [6.07, 6.45) is -0.340. The van der Waals surface area contributed by atoms with Crippen molar-refractivity contribution in [1.82, 2.24) is 9.78 Å². The van der Waals surface area contributed by atoms with Crippen molar-refractivity contribution in [3.05, 3.63) is 45.6 Å². The lowest BCUT2D eigenvalue weighted by atomic mass is 10.1. The van der Waals surface area contributed by atoms with Crippen molar-refractivity contribution in [1.29, 1.82) is 0 Å². The molecule has 0 aliphatic carbocycles. The van der Waals surface area contributed by atoms with Gasteiger partial charge < -0.3 is 15.2 Å². The second kappa shape index (κ2) is 7.10. The predicted octanol–water partition coefficient (Wildman–Crippen LogP) is 2.04. The van der Waals surface area contributed by atoms with Crippen LogP contribution in [0.5, 0.6) is 5.75 Å². The smallest absolute Gasteiger partial charge is 0.333 e. The Morgan fingerprint density at radius 3 is 2.61 bits per heavy atom. The molecule has 8 heteroatoms. The Balaban J connectivity index is 2.13. The van der Waals surface area contributed by atoms with E-state index >= 15 is 0 Å². The van der Waals surface area contributed by atoms with Gasteiger partial charge in [-0.15, -0.1) is 0 Å². The third-order valence-corrected chi connectivity index (χ3v) is 3.57. The highest BCUT2D eigenvalue weighted by atomic mass is 16.6. The van der Waals surface area contributed by atoms with Gasteiger partial charge in [0.2, 0.25) is 5.82 Å². The summed E-state index contributed by atoms with van der Waals surface area (Å²) < 4.78 is 6.50. The minimum atomic E-state index is -0.805. The van der Waals surface area contributed by atoms with Crippen LogP contribution in [0.15, 0.2) is 24.3 Å². The number of aromatic nitrogens is 2. The molecule has 23 heavy (non-hydrogen) atoms. The maximum Gasteiger partial charge on any atom is 0.333 e. The highest BCUT2D eigenvalue weighted by Gasteiger charge is 2.25. The Labute approximate surface area is 133 Å². The van der Waals surface area contributed by atoms with Crippen molar-refractivity contribution in [2.24, 2.45) is 7.05 Å². The zero-order valence-corrected chi connectivity index (χ0v) is 13.3. The van der Waals surface area contributed by atoms with Gasteiger partial charge in [0.05, 0.1) is 18.1 Å². The molecule has 0 fully saturated rings. The number of aryl methyl sites for hydroxylation is 2. The Morgan fingerprint density at radius 1 is 1.43 bits per heavy atom. The van der Waals surface area contributed by atoms with E-state index in [1.54, 1.807) is 38.4 Å². The predicted molar refractivity (Wildman–Crippen MR) is 85.7 cm³/mol. The van der Waals surface area contributed by atoms with Gasteiger partial charge in [-0.1, -0.05) is 19.1 Å². The number of methoxy groups -OCH3 is 1. The topological polar surface area (TPSA) is 102 Å². The first-order chi connectivity index (χ1) is 11.0. The molecular weight excluding hydrogens is 300 g/mol. The van der Waals surface area contributed by atoms with Crippen LogP contribution in [0.1, 0.15) is 24.3 Å². The van der Waals surface area contributed by atoms with Crippen molar-refractivity contribution in [2.45, 2.75) is 19.4 Å². The number of nitro groups is 1. The third kappa shape index (κ3) is 3.59. The van der Waals surface area contributed by atoms with Gasteiger partial charge in [0, 0.05) is 13.6 Å². The first-order valence-electron chi connectivity index (χ1n) is 7.24. The maximum absolute atomic E-state index is 11.2. The number of benzene rings is 1. The normalized spacial score (nSPS) is 12.0. The molecule has 0 aliphatic heterocycles. The SMILES string of the molecule is CCc1nn(C)c(NCC(O)c2ccc(OC)cc2)c1[N+](=O)[O-].